The summed E-state index contributed by atoms with van der Waals surface area (Å²) in [5, 5.41) is 1.00. The minimum absolute atomic E-state index is 0.176. The monoisotopic (exact) mass is 300 g/mol. The van der Waals surface area contributed by atoms with E-state index in [2.05, 4.69) is 0 Å². The molecule has 2 nitrogen and oxygen atoms in total. The van der Waals surface area contributed by atoms with Crippen LogP contribution in [-0.4, -0.2) is 13.1 Å². The van der Waals surface area contributed by atoms with Gasteiger partial charge in [-0.3, -0.25) is 4.79 Å². The third kappa shape index (κ3) is 3.43. The highest BCUT2D eigenvalue weighted by molar-refractivity contribution is 6.42. The number of carbonyl (C=O) groups is 1. The highest BCUT2D eigenvalue weighted by Gasteiger charge is 2.32. The molecule has 1 fully saturated rings. The minimum Gasteiger partial charge on any atom is -0.469 e. The normalized spacial score (nSPS) is 18.1. The van der Waals surface area contributed by atoms with Gasteiger partial charge in [-0.25, -0.2) is 0 Å². The van der Waals surface area contributed by atoms with Crippen LogP contribution in [-0.2, 0) is 9.53 Å². The first-order valence-electron chi connectivity index (χ1n) is 6.66. The van der Waals surface area contributed by atoms with Crippen LogP contribution in [0.15, 0.2) is 18.2 Å². The van der Waals surface area contributed by atoms with Crippen molar-refractivity contribution in [1.29, 1.82) is 0 Å². The third-order valence-electron chi connectivity index (χ3n) is 3.88. The molecule has 0 spiro atoms. The topological polar surface area (TPSA) is 26.3 Å². The van der Waals surface area contributed by atoms with Gasteiger partial charge < -0.3 is 4.74 Å². The van der Waals surface area contributed by atoms with Crippen molar-refractivity contribution < 1.29 is 9.53 Å². The Labute approximate surface area is 124 Å². The van der Waals surface area contributed by atoms with Crippen LogP contribution in [0.4, 0.5) is 0 Å². The molecule has 19 heavy (non-hydrogen) atoms. The summed E-state index contributed by atoms with van der Waals surface area (Å²) in [6.45, 7) is 0. The van der Waals surface area contributed by atoms with E-state index >= 15 is 0 Å². The van der Waals surface area contributed by atoms with Crippen LogP contribution >= 0.6 is 23.2 Å². The maximum Gasteiger partial charge on any atom is 0.313 e. The van der Waals surface area contributed by atoms with Gasteiger partial charge in [0.25, 0.3) is 0 Å². The molecular weight excluding hydrogens is 283 g/mol. The molecule has 0 heterocycles. The number of hydrogen-bond donors (Lipinski definition) is 0. The summed E-state index contributed by atoms with van der Waals surface area (Å²) in [5.74, 6) is -0.0520. The van der Waals surface area contributed by atoms with Gasteiger partial charge >= 0.3 is 5.97 Å². The van der Waals surface area contributed by atoms with E-state index < -0.39 is 0 Å². The second-order valence-corrected chi connectivity index (χ2v) is 5.89. The average molecular weight is 301 g/mol. The van der Waals surface area contributed by atoms with E-state index in [0.717, 1.165) is 18.4 Å². The van der Waals surface area contributed by atoms with Gasteiger partial charge in [-0.15, -0.1) is 0 Å². The fourth-order valence-electron chi connectivity index (χ4n) is 2.90. The minimum atomic E-state index is -0.222. The van der Waals surface area contributed by atoms with Crippen LogP contribution in [0.5, 0.6) is 0 Å². The Morgan fingerprint density at radius 1 is 1.21 bits per heavy atom. The summed E-state index contributed by atoms with van der Waals surface area (Å²) in [6, 6.07) is 5.42. The second-order valence-electron chi connectivity index (χ2n) is 5.07. The zero-order valence-electron chi connectivity index (χ0n) is 11.0. The van der Waals surface area contributed by atoms with Gasteiger partial charge in [0, 0.05) is 0 Å². The van der Waals surface area contributed by atoms with E-state index in [-0.39, 0.29) is 11.9 Å². The molecule has 0 aromatic heterocycles. The number of carbonyl (C=O) groups excluding carboxylic acids is 1. The number of benzene rings is 1. The van der Waals surface area contributed by atoms with Crippen LogP contribution in [0, 0.1) is 5.92 Å². The van der Waals surface area contributed by atoms with E-state index in [1.165, 1.54) is 26.4 Å². The third-order valence-corrected chi connectivity index (χ3v) is 4.62. The zero-order valence-corrected chi connectivity index (χ0v) is 12.5. The number of halogens is 2. The van der Waals surface area contributed by atoms with Crippen molar-refractivity contribution in [2.45, 2.75) is 38.0 Å². The van der Waals surface area contributed by atoms with Crippen LogP contribution in [0.2, 0.25) is 10.0 Å². The van der Waals surface area contributed by atoms with E-state index in [4.69, 9.17) is 27.9 Å². The predicted molar refractivity (Wildman–Crippen MR) is 77.8 cm³/mol. The molecule has 0 N–H and O–H groups in total. The average Bonchev–Trinajstić information content (AvgIpc) is 2.44. The van der Waals surface area contributed by atoms with Gasteiger partial charge in [-0.05, 0) is 36.5 Å². The van der Waals surface area contributed by atoms with Gasteiger partial charge in [-0.1, -0.05) is 48.5 Å². The van der Waals surface area contributed by atoms with Gasteiger partial charge in [0.2, 0.25) is 0 Å². The summed E-state index contributed by atoms with van der Waals surface area (Å²) in [6.07, 6.45) is 5.75. The van der Waals surface area contributed by atoms with Crippen LogP contribution < -0.4 is 0 Å². The Balaban J connectivity index is 2.30. The van der Waals surface area contributed by atoms with Gasteiger partial charge in [-0.2, -0.15) is 0 Å². The molecule has 1 saturated carbocycles. The molecule has 1 aromatic carbocycles. The van der Waals surface area contributed by atoms with Gasteiger partial charge in [0.15, 0.2) is 0 Å². The summed E-state index contributed by atoms with van der Waals surface area (Å²) in [4.78, 5) is 12.1. The Hall–Kier alpha value is -0.730. The molecule has 0 bridgehead atoms. The van der Waals surface area contributed by atoms with Crippen molar-refractivity contribution in [3.63, 3.8) is 0 Å². The Morgan fingerprint density at radius 3 is 2.47 bits per heavy atom. The first kappa shape index (κ1) is 14.7. The van der Waals surface area contributed by atoms with Crippen molar-refractivity contribution in [2.75, 3.05) is 7.11 Å². The van der Waals surface area contributed by atoms with Crippen molar-refractivity contribution in [1.82, 2.24) is 0 Å². The Morgan fingerprint density at radius 2 is 1.89 bits per heavy atom. The molecule has 1 aliphatic carbocycles. The molecule has 104 valence electrons. The summed E-state index contributed by atoms with van der Waals surface area (Å²) < 4.78 is 4.98. The molecular formula is C15H18Cl2O2. The maximum atomic E-state index is 12.1. The molecule has 0 amide bonds. The number of hydrogen-bond acceptors (Lipinski definition) is 2. The fourth-order valence-corrected chi connectivity index (χ4v) is 3.21. The number of methoxy groups -OCH3 is 1. The maximum absolute atomic E-state index is 12.1. The van der Waals surface area contributed by atoms with E-state index in [1.807, 2.05) is 6.07 Å². The molecule has 0 saturated heterocycles. The standard InChI is InChI=1S/C15H18Cl2O2/c1-19-15(18)14(10-5-3-2-4-6-10)11-7-8-12(16)13(17)9-11/h7-10,14H,2-6H2,1H3/t14-/m0/s1. The van der Waals surface area contributed by atoms with E-state index in [9.17, 15) is 4.79 Å². The van der Waals surface area contributed by atoms with Crippen molar-refractivity contribution >= 4 is 29.2 Å². The SMILES string of the molecule is COC(=O)[C@H](c1ccc(Cl)c(Cl)c1)C1CCCCC1. The molecule has 0 unspecified atom stereocenters. The molecule has 4 heteroatoms. The molecule has 1 aromatic rings. The number of esters is 1. The fraction of sp³-hybridized carbons (Fsp3) is 0.533. The molecule has 0 aliphatic heterocycles. The van der Waals surface area contributed by atoms with Gasteiger partial charge in [0.1, 0.15) is 0 Å². The van der Waals surface area contributed by atoms with Crippen LogP contribution in [0.3, 0.4) is 0 Å². The lowest BCUT2D eigenvalue weighted by atomic mass is 9.77. The second kappa shape index (κ2) is 6.62. The summed E-state index contributed by atoms with van der Waals surface area (Å²) in [5.41, 5.74) is 0.910. The number of ether oxygens (including phenoxy) is 1. The first-order valence-corrected chi connectivity index (χ1v) is 7.42. The quantitative estimate of drug-likeness (QED) is 0.747. The largest absolute Gasteiger partial charge is 0.469 e. The zero-order chi connectivity index (χ0) is 13.8. The lowest BCUT2D eigenvalue weighted by Crippen LogP contribution is -2.25. The van der Waals surface area contributed by atoms with Crippen molar-refractivity contribution in [3.05, 3.63) is 33.8 Å². The lowest BCUT2D eigenvalue weighted by molar-refractivity contribution is -0.144. The molecule has 0 radical (unpaired) electrons. The Bertz CT molecular complexity index is 453. The lowest BCUT2D eigenvalue weighted by Gasteiger charge is -2.28. The van der Waals surface area contributed by atoms with Crippen molar-refractivity contribution in [2.24, 2.45) is 5.92 Å². The van der Waals surface area contributed by atoms with Crippen LogP contribution in [0.25, 0.3) is 0 Å². The first-order chi connectivity index (χ1) is 9.13. The summed E-state index contributed by atoms with van der Waals surface area (Å²) >= 11 is 12.0. The van der Waals surface area contributed by atoms with Gasteiger partial charge in [0.05, 0.1) is 23.1 Å². The summed E-state index contributed by atoms with van der Waals surface area (Å²) in [7, 11) is 1.44. The van der Waals surface area contributed by atoms with Crippen molar-refractivity contribution in [3.8, 4) is 0 Å². The van der Waals surface area contributed by atoms with E-state index in [0.29, 0.717) is 16.0 Å². The smallest absolute Gasteiger partial charge is 0.313 e. The van der Waals surface area contributed by atoms with E-state index in [1.54, 1.807) is 12.1 Å². The Kier molecular flexibility index (Phi) is 5.12. The highest BCUT2D eigenvalue weighted by Crippen LogP contribution is 2.38. The van der Waals surface area contributed by atoms with Crippen LogP contribution in [0.1, 0.15) is 43.6 Å². The predicted octanol–water partition coefficient (Wildman–Crippen LogP) is 4.83. The molecule has 1 aliphatic rings. The highest BCUT2D eigenvalue weighted by atomic mass is 35.5. The number of rotatable bonds is 3. The molecule has 1 atom stereocenters. The molecule has 2 rings (SSSR count).